The number of phenols is 1. The number of nitrogens with two attached hydrogens (primary N) is 1. The highest BCUT2D eigenvalue weighted by Gasteiger charge is 2.64. The number of amides is 1. The van der Waals surface area contributed by atoms with Gasteiger partial charge in [0.25, 0.3) is 5.91 Å². The molecule has 12 heteroatoms. The molecule has 0 spiro atoms. The SMILES string of the molecule is CN(C)c1cc(C2CNOC2)c(O)c2c1CC1C[C@H]3[C@H](N(C)C)C(=O)C(C(N)=O)=C(O)[C@@]3(O)C(=O)C1=C2O. The van der Waals surface area contributed by atoms with Crippen LogP contribution in [0.3, 0.4) is 0 Å². The van der Waals surface area contributed by atoms with Gasteiger partial charge in [-0.1, -0.05) is 0 Å². The van der Waals surface area contributed by atoms with Gasteiger partial charge in [0.05, 0.1) is 18.2 Å². The number of carbonyl (C=O) groups excluding carboxylic acids is 3. The summed E-state index contributed by atoms with van der Waals surface area (Å²) in [6.45, 7) is 0.738. The standard InChI is InChI=1S/C26H32N4O8/c1-29(2)15-7-12(11-8-28-38-9-11)20(31)17-13(15)5-10-6-14-19(30(3)4)22(33)18(25(27)36)24(35)26(14,37)23(34)16(10)21(17)32/h7,10-11,14,19,28,31-32,35,37H,5-6,8-9H2,1-4H3,(H2,27,36)/t10?,11?,14-,19-,26-/m0/s1. The number of phenolic OH excluding ortho intramolecular Hbond substituents is 1. The van der Waals surface area contributed by atoms with Crippen LogP contribution in [0.15, 0.2) is 23.0 Å². The van der Waals surface area contributed by atoms with Crippen LogP contribution in [0.1, 0.15) is 29.0 Å². The maximum atomic E-state index is 14.0. The molecule has 5 atom stereocenters. The molecule has 2 unspecified atom stereocenters. The molecule has 7 N–H and O–H groups in total. The summed E-state index contributed by atoms with van der Waals surface area (Å²) in [5.74, 6) is -6.82. The summed E-state index contributed by atoms with van der Waals surface area (Å²) in [5, 5.41) is 45.5. The normalized spacial score (nSPS) is 30.9. The lowest BCUT2D eigenvalue weighted by Crippen LogP contribution is -2.65. The van der Waals surface area contributed by atoms with E-state index in [9.17, 15) is 34.8 Å². The Balaban J connectivity index is 1.75. The van der Waals surface area contributed by atoms with Gasteiger partial charge in [0.1, 0.15) is 22.8 Å². The van der Waals surface area contributed by atoms with Crippen molar-refractivity contribution in [3.05, 3.63) is 39.7 Å². The smallest absolute Gasteiger partial charge is 0.255 e. The van der Waals surface area contributed by atoms with Crippen LogP contribution in [0, 0.1) is 11.8 Å². The Morgan fingerprint density at radius 2 is 1.84 bits per heavy atom. The summed E-state index contributed by atoms with van der Waals surface area (Å²) in [7, 11) is 6.80. The Morgan fingerprint density at radius 3 is 2.39 bits per heavy atom. The number of ketones is 2. The number of benzene rings is 1. The molecule has 4 aliphatic rings. The lowest BCUT2D eigenvalue weighted by molar-refractivity contribution is -0.153. The average molecular weight is 529 g/mol. The quantitative estimate of drug-likeness (QED) is 0.281. The predicted molar refractivity (Wildman–Crippen MR) is 135 cm³/mol. The van der Waals surface area contributed by atoms with Gasteiger partial charge in [-0.25, -0.2) is 5.48 Å². The fraction of sp³-hybridized carbons (Fsp3) is 0.500. The molecule has 204 valence electrons. The molecule has 1 aromatic carbocycles. The molecule has 0 aromatic heterocycles. The number of primary amides is 1. The highest BCUT2D eigenvalue weighted by molar-refractivity contribution is 6.24. The molecule has 1 aliphatic heterocycles. The number of aromatic hydroxyl groups is 1. The van der Waals surface area contributed by atoms with Gasteiger partial charge in [0.15, 0.2) is 11.4 Å². The molecule has 0 radical (unpaired) electrons. The average Bonchev–Trinajstić information content (AvgIpc) is 3.35. The first-order valence-electron chi connectivity index (χ1n) is 12.4. The molecular formula is C26H32N4O8. The van der Waals surface area contributed by atoms with Crippen LogP contribution >= 0.6 is 0 Å². The van der Waals surface area contributed by atoms with Gasteiger partial charge >= 0.3 is 0 Å². The summed E-state index contributed by atoms with van der Waals surface area (Å²) >= 11 is 0. The topological polar surface area (TPSA) is 186 Å². The first kappa shape index (κ1) is 26.2. The number of hydroxylamine groups is 1. The number of aliphatic hydroxyl groups is 3. The van der Waals surface area contributed by atoms with E-state index in [0.29, 0.717) is 24.3 Å². The van der Waals surface area contributed by atoms with E-state index >= 15 is 0 Å². The number of carbonyl (C=O) groups is 3. The number of anilines is 1. The first-order chi connectivity index (χ1) is 17.8. The molecular weight excluding hydrogens is 496 g/mol. The third kappa shape index (κ3) is 3.40. The van der Waals surface area contributed by atoms with Gasteiger partial charge in [-0.3, -0.25) is 19.3 Å². The van der Waals surface area contributed by atoms with E-state index in [4.69, 9.17) is 10.6 Å². The molecule has 0 bridgehead atoms. The minimum Gasteiger partial charge on any atom is -0.508 e. The predicted octanol–water partition coefficient (Wildman–Crippen LogP) is -0.352. The van der Waals surface area contributed by atoms with Gasteiger partial charge in [0, 0.05) is 49.3 Å². The number of aliphatic hydroxyl groups excluding tert-OH is 2. The molecule has 38 heavy (non-hydrogen) atoms. The fourth-order valence-corrected chi connectivity index (χ4v) is 6.60. The molecule has 3 aliphatic carbocycles. The minimum atomic E-state index is -2.66. The third-order valence-electron chi connectivity index (χ3n) is 8.36. The Morgan fingerprint density at radius 1 is 1.16 bits per heavy atom. The van der Waals surface area contributed by atoms with Crippen molar-refractivity contribution in [3.8, 4) is 5.75 Å². The van der Waals surface area contributed by atoms with Gasteiger partial charge in [-0.05, 0) is 44.5 Å². The third-order valence-corrected chi connectivity index (χ3v) is 8.36. The van der Waals surface area contributed by atoms with E-state index in [1.165, 1.54) is 4.90 Å². The molecule has 1 saturated heterocycles. The second-order valence-electron chi connectivity index (χ2n) is 10.9. The van der Waals surface area contributed by atoms with E-state index < -0.39 is 58.0 Å². The Hall–Kier alpha value is -3.45. The number of Topliss-reactive ketones (excluding diaryl/α,β-unsaturated/α-hetero) is 2. The second kappa shape index (κ2) is 8.80. The summed E-state index contributed by atoms with van der Waals surface area (Å²) in [6.07, 6.45) is 0.275. The van der Waals surface area contributed by atoms with Crippen LogP contribution in [0.5, 0.6) is 5.75 Å². The van der Waals surface area contributed by atoms with Crippen LogP contribution in [0.25, 0.3) is 5.76 Å². The van der Waals surface area contributed by atoms with Crippen molar-refractivity contribution in [2.75, 3.05) is 46.2 Å². The molecule has 1 amide bonds. The number of nitrogens with one attached hydrogen (secondary N) is 1. The van der Waals surface area contributed by atoms with E-state index in [1.54, 1.807) is 14.1 Å². The maximum Gasteiger partial charge on any atom is 0.255 e. The zero-order chi connectivity index (χ0) is 27.8. The highest BCUT2D eigenvalue weighted by Crippen LogP contribution is 2.54. The molecule has 1 saturated carbocycles. The summed E-state index contributed by atoms with van der Waals surface area (Å²) in [5.41, 5.74) is 6.43. The van der Waals surface area contributed by atoms with Gasteiger partial charge in [0.2, 0.25) is 5.78 Å². The van der Waals surface area contributed by atoms with Gasteiger partial charge in [-0.2, -0.15) is 0 Å². The van der Waals surface area contributed by atoms with Crippen molar-refractivity contribution in [2.24, 2.45) is 17.6 Å². The number of rotatable bonds is 4. The van der Waals surface area contributed by atoms with E-state index in [2.05, 4.69) is 5.48 Å². The number of hydrogen-bond donors (Lipinski definition) is 6. The van der Waals surface area contributed by atoms with Crippen LogP contribution in [-0.4, -0.2) is 95.8 Å². The van der Waals surface area contributed by atoms with Gasteiger partial charge in [-0.15, -0.1) is 0 Å². The van der Waals surface area contributed by atoms with Crippen molar-refractivity contribution < 1.29 is 39.6 Å². The van der Waals surface area contributed by atoms with Crippen LogP contribution < -0.4 is 16.1 Å². The molecule has 12 nitrogen and oxygen atoms in total. The summed E-state index contributed by atoms with van der Waals surface area (Å²) in [4.78, 5) is 47.9. The zero-order valence-corrected chi connectivity index (χ0v) is 21.6. The van der Waals surface area contributed by atoms with E-state index in [1.807, 2.05) is 25.1 Å². The van der Waals surface area contributed by atoms with Crippen molar-refractivity contribution in [1.82, 2.24) is 10.4 Å². The molecule has 1 aromatic rings. The lowest BCUT2D eigenvalue weighted by atomic mass is 9.57. The molecule has 1 heterocycles. The van der Waals surface area contributed by atoms with Crippen LogP contribution in [-0.2, 0) is 25.6 Å². The van der Waals surface area contributed by atoms with Crippen molar-refractivity contribution in [1.29, 1.82) is 0 Å². The van der Waals surface area contributed by atoms with Crippen molar-refractivity contribution in [2.45, 2.75) is 30.4 Å². The number of hydrogen-bond acceptors (Lipinski definition) is 11. The maximum absolute atomic E-state index is 14.0. The number of likely N-dealkylation sites (N-methyl/N-ethyl adjacent to an activating group) is 1. The number of nitrogens with zero attached hydrogens (tertiary/aromatic N) is 2. The largest absolute Gasteiger partial charge is 0.508 e. The van der Waals surface area contributed by atoms with Gasteiger partial charge < -0.3 is 35.9 Å². The Bertz CT molecular complexity index is 1330. The number of fused-ring (bicyclic) bond motifs is 3. The fourth-order valence-electron chi connectivity index (χ4n) is 6.60. The Labute approximate surface area is 218 Å². The van der Waals surface area contributed by atoms with E-state index in [-0.39, 0.29) is 35.6 Å². The van der Waals surface area contributed by atoms with Crippen LogP contribution in [0.2, 0.25) is 0 Å². The van der Waals surface area contributed by atoms with E-state index in [0.717, 1.165) is 5.69 Å². The summed E-state index contributed by atoms with van der Waals surface area (Å²) in [6, 6.07) is 0.723. The monoisotopic (exact) mass is 528 g/mol. The highest BCUT2D eigenvalue weighted by atomic mass is 16.7. The second-order valence-corrected chi connectivity index (χ2v) is 10.9. The Kier molecular flexibility index (Phi) is 6.06. The summed E-state index contributed by atoms with van der Waals surface area (Å²) < 4.78 is 0. The molecule has 5 rings (SSSR count). The van der Waals surface area contributed by atoms with Crippen LogP contribution in [0.4, 0.5) is 5.69 Å². The lowest BCUT2D eigenvalue weighted by Gasteiger charge is -2.50. The zero-order valence-electron chi connectivity index (χ0n) is 21.6. The van der Waals surface area contributed by atoms with Crippen molar-refractivity contribution >= 4 is 28.9 Å². The molecule has 2 fully saturated rings. The minimum absolute atomic E-state index is 0.0432. The first-order valence-corrected chi connectivity index (χ1v) is 12.4. The van der Waals surface area contributed by atoms with Crippen molar-refractivity contribution in [3.63, 3.8) is 0 Å².